The van der Waals surface area contributed by atoms with E-state index in [4.69, 9.17) is 0 Å². The monoisotopic (exact) mass is 365 g/mol. The van der Waals surface area contributed by atoms with Crippen molar-refractivity contribution in [2.75, 3.05) is 26.2 Å². The van der Waals surface area contributed by atoms with Crippen molar-refractivity contribution in [1.82, 2.24) is 19.4 Å². The minimum absolute atomic E-state index is 0.269. The zero-order valence-electron chi connectivity index (χ0n) is 13.6. The van der Waals surface area contributed by atoms with Crippen molar-refractivity contribution in [1.29, 1.82) is 5.26 Å². The van der Waals surface area contributed by atoms with E-state index in [0.717, 1.165) is 4.88 Å². The number of hydrogen-bond donors (Lipinski definition) is 1. The van der Waals surface area contributed by atoms with Gasteiger partial charge in [0.15, 0.2) is 0 Å². The lowest BCUT2D eigenvalue weighted by Gasteiger charge is -2.35. The Morgan fingerprint density at radius 1 is 1.33 bits per heavy atom. The number of nitrogens with one attached hydrogen (secondary N) is 1. The Labute approximate surface area is 145 Å². The normalized spacial score (nSPS) is 18.4. The number of nitriles is 1. The molecule has 1 saturated heterocycles. The van der Waals surface area contributed by atoms with E-state index < -0.39 is 10.0 Å². The van der Waals surface area contributed by atoms with Gasteiger partial charge in [-0.2, -0.15) is 14.7 Å². The predicted molar refractivity (Wildman–Crippen MR) is 91.1 cm³/mol. The summed E-state index contributed by atoms with van der Waals surface area (Å²) in [5.41, 5.74) is 1.05. The third-order valence-corrected chi connectivity index (χ3v) is 7.32. The molecule has 24 heavy (non-hydrogen) atoms. The molecule has 7 nitrogen and oxygen atoms in total. The summed E-state index contributed by atoms with van der Waals surface area (Å²) in [6.07, 6.45) is 0. The Hall–Kier alpha value is -1.73. The molecule has 1 fully saturated rings. The number of rotatable bonds is 4. The summed E-state index contributed by atoms with van der Waals surface area (Å²) in [5, 5.41) is 18.1. The van der Waals surface area contributed by atoms with Crippen LogP contribution in [0.1, 0.15) is 22.3 Å². The van der Waals surface area contributed by atoms with Gasteiger partial charge in [0.05, 0.1) is 17.5 Å². The molecule has 0 amide bonds. The maximum absolute atomic E-state index is 12.8. The number of sulfonamides is 1. The average molecular weight is 365 g/mol. The molecule has 1 N–H and O–H groups in total. The summed E-state index contributed by atoms with van der Waals surface area (Å²) in [5.74, 6) is 0. The Morgan fingerprint density at radius 2 is 2.04 bits per heavy atom. The molecule has 1 aliphatic rings. The molecule has 0 radical (unpaired) electrons. The van der Waals surface area contributed by atoms with Gasteiger partial charge in [-0.15, -0.1) is 11.3 Å². The van der Waals surface area contributed by atoms with Gasteiger partial charge in [0.1, 0.15) is 10.9 Å². The van der Waals surface area contributed by atoms with Crippen LogP contribution in [-0.4, -0.2) is 54.0 Å². The van der Waals surface area contributed by atoms with E-state index in [1.165, 1.54) is 4.31 Å². The lowest BCUT2D eigenvalue weighted by atomic mass is 10.2. The quantitative estimate of drug-likeness (QED) is 0.889. The Balaban J connectivity index is 1.75. The second-order valence-electron chi connectivity index (χ2n) is 5.75. The van der Waals surface area contributed by atoms with Gasteiger partial charge in [-0.1, -0.05) is 6.07 Å². The summed E-state index contributed by atoms with van der Waals surface area (Å²) in [6, 6.07) is 5.88. The first kappa shape index (κ1) is 17.1. The Bertz CT molecular complexity index is 824. The highest BCUT2D eigenvalue weighted by Crippen LogP contribution is 2.28. The zero-order valence-corrected chi connectivity index (χ0v) is 15.2. The molecule has 2 aromatic rings. The molecule has 0 spiro atoms. The van der Waals surface area contributed by atoms with Crippen molar-refractivity contribution in [3.05, 3.63) is 33.8 Å². The van der Waals surface area contributed by atoms with Crippen molar-refractivity contribution in [3.63, 3.8) is 0 Å². The number of nitrogens with zero attached hydrogens (tertiary/aromatic N) is 4. The average Bonchev–Trinajstić information content (AvgIpc) is 3.19. The molecule has 0 bridgehead atoms. The maximum Gasteiger partial charge on any atom is 0.246 e. The molecule has 3 rings (SSSR count). The number of aromatic nitrogens is 2. The van der Waals surface area contributed by atoms with Crippen molar-refractivity contribution in [3.8, 4) is 6.07 Å². The van der Waals surface area contributed by atoms with Gasteiger partial charge in [0, 0.05) is 31.1 Å². The molecule has 1 unspecified atom stereocenters. The van der Waals surface area contributed by atoms with E-state index in [1.54, 1.807) is 25.2 Å². The molecule has 1 atom stereocenters. The smallest absolute Gasteiger partial charge is 0.246 e. The minimum atomic E-state index is -3.56. The van der Waals surface area contributed by atoms with Crippen LogP contribution >= 0.6 is 11.3 Å². The van der Waals surface area contributed by atoms with Crippen LogP contribution in [0.2, 0.25) is 0 Å². The van der Waals surface area contributed by atoms with Gasteiger partial charge in [-0.05, 0) is 25.3 Å². The largest absolute Gasteiger partial charge is 0.281 e. The lowest BCUT2D eigenvalue weighted by Crippen LogP contribution is -2.49. The first-order chi connectivity index (χ1) is 11.4. The van der Waals surface area contributed by atoms with Crippen LogP contribution in [0, 0.1) is 25.2 Å². The van der Waals surface area contributed by atoms with Crippen LogP contribution in [0.4, 0.5) is 0 Å². The van der Waals surface area contributed by atoms with Gasteiger partial charge in [-0.3, -0.25) is 10.00 Å². The molecule has 2 aromatic heterocycles. The van der Waals surface area contributed by atoms with E-state index in [-0.39, 0.29) is 10.9 Å². The van der Waals surface area contributed by atoms with Gasteiger partial charge in [-0.25, -0.2) is 8.42 Å². The Kier molecular flexibility index (Phi) is 4.73. The van der Waals surface area contributed by atoms with Crippen LogP contribution in [0.15, 0.2) is 22.4 Å². The fourth-order valence-electron chi connectivity index (χ4n) is 3.02. The fourth-order valence-corrected chi connectivity index (χ4v) is 5.58. The van der Waals surface area contributed by atoms with Crippen molar-refractivity contribution in [2.24, 2.45) is 0 Å². The molecule has 1 aliphatic heterocycles. The van der Waals surface area contributed by atoms with E-state index in [1.807, 2.05) is 22.4 Å². The number of aryl methyl sites for hydroxylation is 2. The number of piperazine rings is 1. The van der Waals surface area contributed by atoms with Crippen molar-refractivity contribution < 1.29 is 8.42 Å². The maximum atomic E-state index is 12.8. The summed E-state index contributed by atoms with van der Waals surface area (Å²) >= 11 is 1.55. The van der Waals surface area contributed by atoms with E-state index in [0.29, 0.717) is 37.6 Å². The molecule has 128 valence electrons. The molecule has 0 aromatic carbocycles. The van der Waals surface area contributed by atoms with Crippen LogP contribution in [0.5, 0.6) is 0 Å². The highest BCUT2D eigenvalue weighted by atomic mass is 32.2. The summed E-state index contributed by atoms with van der Waals surface area (Å²) < 4.78 is 27.2. The third kappa shape index (κ3) is 2.98. The fraction of sp³-hybridized carbons (Fsp3) is 0.467. The standard InChI is InChI=1S/C15H19N5O2S2/c1-11-15(12(2)18-17-11)24(21,22)20-7-5-19(6-8-20)13(10-16)14-4-3-9-23-14/h3-4,9,13H,5-8H2,1-2H3,(H,17,18). The van der Waals surface area contributed by atoms with Gasteiger partial charge in [0.2, 0.25) is 10.0 Å². The first-order valence-electron chi connectivity index (χ1n) is 7.64. The molecular weight excluding hydrogens is 346 g/mol. The summed E-state index contributed by atoms with van der Waals surface area (Å²) in [6.45, 7) is 5.21. The second-order valence-corrected chi connectivity index (χ2v) is 8.60. The van der Waals surface area contributed by atoms with E-state index in [9.17, 15) is 13.7 Å². The van der Waals surface area contributed by atoms with E-state index in [2.05, 4.69) is 16.3 Å². The molecular formula is C15H19N5O2S2. The Morgan fingerprint density at radius 3 is 2.54 bits per heavy atom. The third-order valence-electron chi connectivity index (χ3n) is 4.23. The van der Waals surface area contributed by atoms with Crippen molar-refractivity contribution in [2.45, 2.75) is 24.8 Å². The number of thiophene rings is 1. The highest BCUT2D eigenvalue weighted by molar-refractivity contribution is 7.89. The first-order valence-corrected chi connectivity index (χ1v) is 9.96. The SMILES string of the molecule is Cc1n[nH]c(C)c1S(=O)(=O)N1CCN(C(C#N)c2cccs2)CC1. The van der Waals surface area contributed by atoms with Crippen LogP contribution in [0.3, 0.4) is 0 Å². The topological polar surface area (TPSA) is 93.1 Å². The number of hydrogen-bond acceptors (Lipinski definition) is 6. The number of H-pyrrole nitrogens is 1. The van der Waals surface area contributed by atoms with Gasteiger partial charge in [0.25, 0.3) is 0 Å². The summed E-state index contributed by atoms with van der Waals surface area (Å²) in [7, 11) is -3.56. The van der Waals surface area contributed by atoms with Crippen molar-refractivity contribution >= 4 is 21.4 Å². The predicted octanol–water partition coefficient (Wildman–Crippen LogP) is 1.66. The second kappa shape index (κ2) is 6.64. The van der Waals surface area contributed by atoms with Crippen LogP contribution < -0.4 is 0 Å². The van der Waals surface area contributed by atoms with E-state index >= 15 is 0 Å². The molecule has 0 saturated carbocycles. The summed E-state index contributed by atoms with van der Waals surface area (Å²) in [4.78, 5) is 3.30. The zero-order chi connectivity index (χ0) is 17.3. The highest BCUT2D eigenvalue weighted by Gasteiger charge is 2.34. The number of aromatic amines is 1. The minimum Gasteiger partial charge on any atom is -0.281 e. The van der Waals surface area contributed by atoms with Gasteiger partial charge >= 0.3 is 0 Å². The molecule has 3 heterocycles. The molecule has 0 aliphatic carbocycles. The van der Waals surface area contributed by atoms with Gasteiger partial charge < -0.3 is 0 Å². The molecule has 9 heteroatoms. The van der Waals surface area contributed by atoms with Crippen LogP contribution in [0.25, 0.3) is 0 Å². The lowest BCUT2D eigenvalue weighted by molar-refractivity contribution is 0.164. The van der Waals surface area contributed by atoms with Crippen LogP contribution in [-0.2, 0) is 10.0 Å².